The maximum absolute atomic E-state index is 13.3. The van der Waals surface area contributed by atoms with Gasteiger partial charge in [0.15, 0.2) is 0 Å². The Morgan fingerprint density at radius 3 is 2.80 bits per heavy atom. The maximum atomic E-state index is 13.3. The molecule has 132 valence electrons. The lowest BCUT2D eigenvalue weighted by atomic mass is 10.0. The van der Waals surface area contributed by atoms with Gasteiger partial charge in [-0.1, -0.05) is 0 Å². The van der Waals surface area contributed by atoms with Crippen molar-refractivity contribution in [1.82, 2.24) is 9.88 Å². The highest BCUT2D eigenvalue weighted by atomic mass is 19.1. The van der Waals surface area contributed by atoms with Crippen LogP contribution < -0.4 is 15.8 Å². The molecular formula is C19H22FN3O2. The van der Waals surface area contributed by atoms with E-state index in [1.807, 2.05) is 6.92 Å². The number of nitrogens with zero attached hydrogens (tertiary/aromatic N) is 2. The van der Waals surface area contributed by atoms with Gasteiger partial charge in [-0.3, -0.25) is 9.59 Å². The Morgan fingerprint density at radius 1 is 1.28 bits per heavy atom. The van der Waals surface area contributed by atoms with Gasteiger partial charge in [0.2, 0.25) is 5.56 Å². The third-order valence-corrected chi connectivity index (χ3v) is 4.60. The molecule has 1 N–H and O–H groups in total. The van der Waals surface area contributed by atoms with Crippen molar-refractivity contribution in [3.05, 3.63) is 63.8 Å². The van der Waals surface area contributed by atoms with Gasteiger partial charge in [-0.05, 0) is 49.6 Å². The Labute approximate surface area is 146 Å². The van der Waals surface area contributed by atoms with E-state index in [1.165, 1.54) is 22.8 Å². The second-order valence-corrected chi connectivity index (χ2v) is 6.56. The number of halogens is 1. The van der Waals surface area contributed by atoms with Gasteiger partial charge in [-0.2, -0.15) is 0 Å². The molecule has 1 aromatic carbocycles. The van der Waals surface area contributed by atoms with Crippen LogP contribution in [-0.4, -0.2) is 29.6 Å². The molecule has 1 saturated heterocycles. The monoisotopic (exact) mass is 343 g/mol. The molecule has 0 bridgehead atoms. The van der Waals surface area contributed by atoms with E-state index in [0.717, 1.165) is 30.6 Å². The number of aromatic nitrogens is 1. The fourth-order valence-corrected chi connectivity index (χ4v) is 3.28. The Kier molecular flexibility index (Phi) is 4.88. The van der Waals surface area contributed by atoms with Crippen LogP contribution in [0.1, 0.15) is 28.8 Å². The number of carbonyl (C=O) groups excluding carboxylic acids is 1. The molecule has 1 aliphatic rings. The van der Waals surface area contributed by atoms with Crippen LogP contribution in [-0.2, 0) is 7.05 Å². The zero-order chi connectivity index (χ0) is 18.0. The van der Waals surface area contributed by atoms with E-state index in [-0.39, 0.29) is 23.3 Å². The van der Waals surface area contributed by atoms with Crippen molar-refractivity contribution < 1.29 is 9.18 Å². The van der Waals surface area contributed by atoms with Gasteiger partial charge in [0.1, 0.15) is 5.82 Å². The van der Waals surface area contributed by atoms with Crippen LogP contribution in [0.15, 0.2) is 41.3 Å². The second-order valence-electron chi connectivity index (χ2n) is 6.56. The van der Waals surface area contributed by atoms with Gasteiger partial charge < -0.3 is 14.8 Å². The van der Waals surface area contributed by atoms with E-state index < -0.39 is 0 Å². The largest absolute Gasteiger partial charge is 0.369 e. The van der Waals surface area contributed by atoms with E-state index in [2.05, 4.69) is 10.2 Å². The lowest BCUT2D eigenvalue weighted by Gasteiger charge is -2.35. The Morgan fingerprint density at radius 2 is 2.08 bits per heavy atom. The minimum absolute atomic E-state index is 0.0166. The van der Waals surface area contributed by atoms with Crippen molar-refractivity contribution in [3.63, 3.8) is 0 Å². The summed E-state index contributed by atoms with van der Waals surface area (Å²) in [6.45, 7) is 3.47. The van der Waals surface area contributed by atoms with Crippen LogP contribution in [0.3, 0.4) is 0 Å². The molecule has 2 heterocycles. The Hall–Kier alpha value is -2.63. The predicted molar refractivity (Wildman–Crippen MR) is 95.5 cm³/mol. The standard InChI is InChI=1S/C19H22FN3O2/c1-13-10-15(20)6-7-17(13)23-9-3-4-16(12-23)21-19(25)14-5-8-18(24)22(2)11-14/h5-8,10-11,16H,3-4,9,12H2,1-2H3,(H,21,25). The van der Waals surface area contributed by atoms with Crippen LogP contribution in [0, 0.1) is 12.7 Å². The van der Waals surface area contributed by atoms with Crippen LogP contribution >= 0.6 is 0 Å². The molecule has 1 atom stereocenters. The molecule has 3 rings (SSSR count). The van der Waals surface area contributed by atoms with Crippen LogP contribution in [0.4, 0.5) is 10.1 Å². The number of hydrogen-bond donors (Lipinski definition) is 1. The number of piperidine rings is 1. The van der Waals surface area contributed by atoms with Gasteiger partial charge in [0, 0.05) is 44.1 Å². The minimum atomic E-state index is -0.238. The first-order valence-electron chi connectivity index (χ1n) is 8.42. The quantitative estimate of drug-likeness (QED) is 0.930. The van der Waals surface area contributed by atoms with Crippen molar-refractivity contribution in [2.75, 3.05) is 18.0 Å². The first-order chi connectivity index (χ1) is 11.9. The number of anilines is 1. The molecule has 1 amide bonds. The molecule has 1 aliphatic heterocycles. The van der Waals surface area contributed by atoms with Gasteiger partial charge in [-0.25, -0.2) is 4.39 Å². The molecule has 0 spiro atoms. The zero-order valence-electron chi connectivity index (χ0n) is 14.5. The zero-order valence-corrected chi connectivity index (χ0v) is 14.5. The van der Waals surface area contributed by atoms with E-state index in [0.29, 0.717) is 12.1 Å². The van der Waals surface area contributed by atoms with Crippen molar-refractivity contribution >= 4 is 11.6 Å². The molecule has 0 saturated carbocycles. The molecule has 1 unspecified atom stereocenters. The summed E-state index contributed by atoms with van der Waals surface area (Å²) >= 11 is 0. The summed E-state index contributed by atoms with van der Waals surface area (Å²) in [5.74, 6) is -0.420. The summed E-state index contributed by atoms with van der Waals surface area (Å²) in [6.07, 6.45) is 3.39. The van der Waals surface area contributed by atoms with Gasteiger partial charge in [-0.15, -0.1) is 0 Å². The van der Waals surface area contributed by atoms with Crippen LogP contribution in [0.2, 0.25) is 0 Å². The maximum Gasteiger partial charge on any atom is 0.253 e. The Balaban J connectivity index is 1.70. The number of amides is 1. The second kappa shape index (κ2) is 7.09. The number of benzene rings is 1. The molecule has 1 fully saturated rings. The summed E-state index contributed by atoms with van der Waals surface area (Å²) in [4.78, 5) is 26.1. The molecule has 25 heavy (non-hydrogen) atoms. The first kappa shape index (κ1) is 17.2. The summed E-state index contributed by atoms with van der Waals surface area (Å²) < 4.78 is 14.7. The van der Waals surface area contributed by atoms with E-state index in [4.69, 9.17) is 0 Å². The summed E-state index contributed by atoms with van der Waals surface area (Å²) in [7, 11) is 1.62. The molecule has 1 aromatic heterocycles. The fraction of sp³-hybridized carbons (Fsp3) is 0.368. The number of nitrogens with one attached hydrogen (secondary N) is 1. The number of aryl methyl sites for hydroxylation is 2. The minimum Gasteiger partial charge on any atom is -0.369 e. The van der Waals surface area contributed by atoms with E-state index >= 15 is 0 Å². The van der Waals surface area contributed by atoms with Gasteiger partial charge >= 0.3 is 0 Å². The summed E-state index contributed by atoms with van der Waals surface area (Å²) in [5.41, 5.74) is 2.22. The van der Waals surface area contributed by atoms with Crippen molar-refractivity contribution in [3.8, 4) is 0 Å². The highest BCUT2D eigenvalue weighted by molar-refractivity contribution is 5.94. The van der Waals surface area contributed by atoms with Crippen molar-refractivity contribution in [1.29, 1.82) is 0 Å². The molecule has 2 aromatic rings. The van der Waals surface area contributed by atoms with E-state index in [1.54, 1.807) is 25.4 Å². The smallest absolute Gasteiger partial charge is 0.253 e. The topological polar surface area (TPSA) is 54.3 Å². The molecule has 0 radical (unpaired) electrons. The Bertz CT molecular complexity index is 847. The normalized spacial score (nSPS) is 17.4. The van der Waals surface area contributed by atoms with Crippen molar-refractivity contribution in [2.45, 2.75) is 25.8 Å². The van der Waals surface area contributed by atoms with Gasteiger partial charge in [0.05, 0.1) is 5.56 Å². The lowest BCUT2D eigenvalue weighted by Crippen LogP contribution is -2.48. The summed E-state index contributed by atoms with van der Waals surface area (Å²) in [5, 5.41) is 3.04. The average molecular weight is 343 g/mol. The first-order valence-corrected chi connectivity index (χ1v) is 8.42. The van der Waals surface area contributed by atoms with Crippen molar-refractivity contribution in [2.24, 2.45) is 7.05 Å². The van der Waals surface area contributed by atoms with Crippen LogP contribution in [0.25, 0.3) is 0 Å². The fourth-order valence-electron chi connectivity index (χ4n) is 3.28. The van der Waals surface area contributed by atoms with Crippen LogP contribution in [0.5, 0.6) is 0 Å². The SMILES string of the molecule is Cc1cc(F)ccc1N1CCCC(NC(=O)c2ccc(=O)n(C)c2)C1. The molecular weight excluding hydrogens is 321 g/mol. The lowest BCUT2D eigenvalue weighted by molar-refractivity contribution is 0.0932. The average Bonchev–Trinajstić information content (AvgIpc) is 2.57. The van der Waals surface area contributed by atoms with Gasteiger partial charge in [0.25, 0.3) is 5.91 Å². The third kappa shape index (κ3) is 3.90. The highest BCUT2D eigenvalue weighted by Gasteiger charge is 2.23. The predicted octanol–water partition coefficient (Wildman–Crippen LogP) is 2.23. The molecule has 5 nitrogen and oxygen atoms in total. The number of pyridine rings is 1. The summed E-state index contributed by atoms with van der Waals surface area (Å²) in [6, 6.07) is 7.74. The number of rotatable bonds is 3. The number of hydrogen-bond acceptors (Lipinski definition) is 3. The van der Waals surface area contributed by atoms with E-state index in [9.17, 15) is 14.0 Å². The molecule has 0 aliphatic carbocycles. The third-order valence-electron chi connectivity index (χ3n) is 4.60. The number of carbonyl (C=O) groups is 1. The highest BCUT2D eigenvalue weighted by Crippen LogP contribution is 2.24. The molecule has 6 heteroatoms.